The number of ether oxygens (including phenoxy) is 1. The lowest BCUT2D eigenvalue weighted by Gasteiger charge is -2.10. The number of rotatable bonds is 4. The number of nitrogens with zero attached hydrogens (tertiary/aromatic N) is 5. The van der Waals surface area contributed by atoms with Gasteiger partial charge in [-0.05, 0) is 39.8 Å². The van der Waals surface area contributed by atoms with Crippen molar-refractivity contribution in [3.8, 4) is 17.0 Å². The molecule has 0 saturated carbocycles. The van der Waals surface area contributed by atoms with Crippen LogP contribution in [0, 0.1) is 0 Å². The normalized spacial score (nSPS) is 10.6. The molecule has 7 heteroatoms. The minimum Gasteiger partial charge on any atom is -0.481 e. The Kier molecular flexibility index (Phi) is 3.79. The Morgan fingerprint density at radius 3 is 2.90 bits per heavy atom. The zero-order chi connectivity index (χ0) is 14.7. The molecule has 3 aromatic rings. The highest BCUT2D eigenvalue weighted by Gasteiger charge is 2.10. The first kappa shape index (κ1) is 13.5. The van der Waals surface area contributed by atoms with E-state index in [-0.39, 0.29) is 0 Å². The molecule has 0 aliphatic carbocycles. The summed E-state index contributed by atoms with van der Waals surface area (Å²) in [4.78, 5) is 4.34. The number of hydrogen-bond acceptors (Lipinski definition) is 5. The molecule has 0 spiro atoms. The van der Waals surface area contributed by atoms with Crippen molar-refractivity contribution in [2.75, 3.05) is 7.11 Å². The van der Waals surface area contributed by atoms with Gasteiger partial charge in [0.15, 0.2) is 0 Å². The van der Waals surface area contributed by atoms with Crippen LogP contribution in [0.25, 0.3) is 11.1 Å². The van der Waals surface area contributed by atoms with E-state index in [4.69, 9.17) is 16.3 Å². The van der Waals surface area contributed by atoms with Gasteiger partial charge in [-0.1, -0.05) is 23.7 Å². The lowest BCUT2D eigenvalue weighted by Crippen LogP contribution is -2.02. The van der Waals surface area contributed by atoms with Gasteiger partial charge in [0, 0.05) is 16.8 Å². The first-order valence-electron chi connectivity index (χ1n) is 6.26. The van der Waals surface area contributed by atoms with Crippen LogP contribution >= 0.6 is 11.6 Å². The molecule has 21 heavy (non-hydrogen) atoms. The maximum Gasteiger partial charge on any atom is 0.221 e. The average molecular weight is 302 g/mol. The largest absolute Gasteiger partial charge is 0.481 e. The zero-order valence-corrected chi connectivity index (χ0v) is 12.0. The van der Waals surface area contributed by atoms with Crippen LogP contribution in [-0.4, -0.2) is 32.3 Å². The molecular weight excluding hydrogens is 290 g/mol. The summed E-state index contributed by atoms with van der Waals surface area (Å²) in [5.74, 6) is 0.553. The lowest BCUT2D eigenvalue weighted by atomic mass is 10.1. The van der Waals surface area contributed by atoms with E-state index in [1.807, 2.05) is 30.3 Å². The summed E-state index contributed by atoms with van der Waals surface area (Å²) < 4.78 is 6.96. The standard InChI is InChI=1S/C14H12ClN5O/c1-21-14-13(11-3-2-4-12(15)6-11)5-10(7-16-14)8-20-9-17-18-19-20/h2-7,9H,8H2,1H3. The fourth-order valence-electron chi connectivity index (χ4n) is 2.05. The van der Waals surface area contributed by atoms with Crippen LogP contribution in [0.5, 0.6) is 5.88 Å². The van der Waals surface area contributed by atoms with Gasteiger partial charge in [0.05, 0.1) is 13.7 Å². The molecule has 2 aromatic heterocycles. The topological polar surface area (TPSA) is 65.7 Å². The molecule has 0 unspecified atom stereocenters. The Hall–Kier alpha value is -2.47. The van der Waals surface area contributed by atoms with E-state index in [9.17, 15) is 0 Å². The second kappa shape index (κ2) is 5.88. The highest BCUT2D eigenvalue weighted by molar-refractivity contribution is 6.30. The van der Waals surface area contributed by atoms with Crippen molar-refractivity contribution in [2.24, 2.45) is 0 Å². The second-order valence-corrected chi connectivity index (χ2v) is 4.85. The van der Waals surface area contributed by atoms with Gasteiger partial charge < -0.3 is 4.74 Å². The van der Waals surface area contributed by atoms with Crippen molar-refractivity contribution in [1.29, 1.82) is 0 Å². The van der Waals surface area contributed by atoms with Gasteiger partial charge in [-0.3, -0.25) is 0 Å². The van der Waals surface area contributed by atoms with Gasteiger partial charge in [-0.15, -0.1) is 5.10 Å². The number of aromatic nitrogens is 5. The molecule has 1 aromatic carbocycles. The van der Waals surface area contributed by atoms with Gasteiger partial charge in [-0.25, -0.2) is 9.67 Å². The molecule has 0 N–H and O–H groups in total. The smallest absolute Gasteiger partial charge is 0.221 e. The quantitative estimate of drug-likeness (QED) is 0.740. The molecule has 6 nitrogen and oxygen atoms in total. The van der Waals surface area contributed by atoms with Crippen molar-refractivity contribution in [3.63, 3.8) is 0 Å². The number of benzene rings is 1. The maximum atomic E-state index is 6.05. The summed E-state index contributed by atoms with van der Waals surface area (Å²) in [5, 5.41) is 11.7. The first-order valence-corrected chi connectivity index (χ1v) is 6.63. The molecule has 2 heterocycles. The van der Waals surface area contributed by atoms with E-state index in [1.54, 1.807) is 24.3 Å². The molecule has 0 fully saturated rings. The Morgan fingerprint density at radius 2 is 2.19 bits per heavy atom. The average Bonchev–Trinajstić information content (AvgIpc) is 3.00. The highest BCUT2D eigenvalue weighted by atomic mass is 35.5. The number of methoxy groups -OCH3 is 1. The van der Waals surface area contributed by atoms with Crippen LogP contribution in [-0.2, 0) is 6.54 Å². The molecule has 0 aliphatic heterocycles. The van der Waals surface area contributed by atoms with Crippen LogP contribution in [0.2, 0.25) is 5.02 Å². The Labute approximate surface area is 126 Å². The Morgan fingerprint density at radius 1 is 1.29 bits per heavy atom. The lowest BCUT2D eigenvalue weighted by molar-refractivity contribution is 0.399. The minimum absolute atomic E-state index is 0.539. The molecule has 3 rings (SSSR count). The van der Waals surface area contributed by atoms with E-state index >= 15 is 0 Å². The molecule has 0 amide bonds. The fourth-order valence-corrected chi connectivity index (χ4v) is 2.24. The number of hydrogen-bond donors (Lipinski definition) is 0. The summed E-state index contributed by atoms with van der Waals surface area (Å²) in [6.45, 7) is 0.539. The van der Waals surface area contributed by atoms with Crippen LogP contribution in [0.4, 0.5) is 0 Å². The molecule has 0 radical (unpaired) electrons. The van der Waals surface area contributed by atoms with Gasteiger partial charge >= 0.3 is 0 Å². The van der Waals surface area contributed by atoms with Gasteiger partial charge in [0.2, 0.25) is 5.88 Å². The second-order valence-electron chi connectivity index (χ2n) is 4.42. The predicted octanol–water partition coefficient (Wildman–Crippen LogP) is 2.45. The number of pyridine rings is 1. The van der Waals surface area contributed by atoms with Crippen molar-refractivity contribution >= 4 is 11.6 Å². The molecule has 106 valence electrons. The van der Waals surface area contributed by atoms with E-state index in [0.717, 1.165) is 16.7 Å². The summed E-state index contributed by atoms with van der Waals surface area (Å²) in [6.07, 6.45) is 3.30. The number of tetrazole rings is 1. The van der Waals surface area contributed by atoms with Gasteiger partial charge in [-0.2, -0.15) is 0 Å². The molecule has 0 saturated heterocycles. The molecular formula is C14H12ClN5O. The zero-order valence-electron chi connectivity index (χ0n) is 11.3. The molecule has 0 aliphatic rings. The van der Waals surface area contributed by atoms with Crippen LogP contribution < -0.4 is 4.74 Å². The summed E-state index contributed by atoms with van der Waals surface area (Å²) in [5.41, 5.74) is 2.80. The van der Waals surface area contributed by atoms with Gasteiger partial charge in [0.25, 0.3) is 0 Å². The molecule has 0 bridgehead atoms. The van der Waals surface area contributed by atoms with Gasteiger partial charge in [0.1, 0.15) is 6.33 Å². The fraction of sp³-hybridized carbons (Fsp3) is 0.143. The van der Waals surface area contributed by atoms with Crippen molar-refractivity contribution in [2.45, 2.75) is 6.54 Å². The summed E-state index contributed by atoms with van der Waals surface area (Å²) in [7, 11) is 1.59. The van der Waals surface area contributed by atoms with E-state index in [1.165, 1.54) is 0 Å². The third-order valence-corrected chi connectivity index (χ3v) is 3.21. The summed E-state index contributed by atoms with van der Waals surface area (Å²) in [6, 6.07) is 9.56. The molecule has 0 atom stereocenters. The SMILES string of the molecule is COc1ncc(Cn2cnnn2)cc1-c1cccc(Cl)c1. The first-order chi connectivity index (χ1) is 10.3. The van der Waals surface area contributed by atoms with E-state index in [0.29, 0.717) is 17.4 Å². The third kappa shape index (κ3) is 3.00. The van der Waals surface area contributed by atoms with Crippen molar-refractivity contribution in [1.82, 2.24) is 25.2 Å². The number of halogens is 1. The Bertz CT molecular complexity index is 745. The minimum atomic E-state index is 0.539. The monoisotopic (exact) mass is 301 g/mol. The predicted molar refractivity (Wildman–Crippen MR) is 78.2 cm³/mol. The van der Waals surface area contributed by atoms with E-state index < -0.39 is 0 Å². The van der Waals surface area contributed by atoms with Crippen LogP contribution in [0.1, 0.15) is 5.56 Å². The summed E-state index contributed by atoms with van der Waals surface area (Å²) >= 11 is 6.05. The Balaban J connectivity index is 2.01. The van der Waals surface area contributed by atoms with E-state index in [2.05, 4.69) is 20.5 Å². The highest BCUT2D eigenvalue weighted by Crippen LogP contribution is 2.30. The van der Waals surface area contributed by atoms with Crippen LogP contribution in [0.3, 0.4) is 0 Å². The van der Waals surface area contributed by atoms with Crippen molar-refractivity contribution < 1.29 is 4.74 Å². The maximum absolute atomic E-state index is 6.05. The van der Waals surface area contributed by atoms with Crippen LogP contribution in [0.15, 0.2) is 42.9 Å². The van der Waals surface area contributed by atoms with Crippen molar-refractivity contribution in [3.05, 3.63) is 53.4 Å². The third-order valence-electron chi connectivity index (χ3n) is 2.97.